The minimum Gasteiger partial charge on any atom is -0.326 e. The number of hydrogen-bond donors (Lipinski definition) is 3. The van der Waals surface area contributed by atoms with Gasteiger partial charge in [-0.3, -0.25) is 4.79 Å². The molecule has 3 N–H and O–H groups in total. The van der Waals surface area contributed by atoms with E-state index in [1.165, 1.54) is 19.1 Å². The molecule has 0 bridgehead atoms. The van der Waals surface area contributed by atoms with Crippen molar-refractivity contribution in [2.75, 3.05) is 25.5 Å². The van der Waals surface area contributed by atoms with Crippen molar-refractivity contribution in [3.05, 3.63) is 23.8 Å². The second-order valence-corrected chi connectivity index (χ2v) is 6.28. The first-order valence-corrected chi connectivity index (χ1v) is 7.87. The minimum atomic E-state index is -3.54. The van der Waals surface area contributed by atoms with E-state index in [9.17, 15) is 13.2 Å². The maximum Gasteiger partial charge on any atom is 0.240 e. The quantitative estimate of drug-likeness (QED) is 0.651. The number of nitrogens with one attached hydrogen (secondary N) is 3. The van der Waals surface area contributed by atoms with E-state index in [4.69, 9.17) is 0 Å². The van der Waals surface area contributed by atoms with Gasteiger partial charge in [-0.1, -0.05) is 6.07 Å². The van der Waals surface area contributed by atoms with Gasteiger partial charge in [0.15, 0.2) is 0 Å². The van der Waals surface area contributed by atoms with E-state index in [0.29, 0.717) is 18.7 Å². The highest BCUT2D eigenvalue weighted by atomic mass is 32.2. The molecule has 0 saturated carbocycles. The van der Waals surface area contributed by atoms with Gasteiger partial charge in [0.1, 0.15) is 0 Å². The average molecular weight is 299 g/mol. The molecule has 1 aromatic rings. The molecular formula is C13H21N3O3S. The Morgan fingerprint density at radius 1 is 1.25 bits per heavy atom. The predicted molar refractivity (Wildman–Crippen MR) is 79.2 cm³/mol. The molecule has 7 heteroatoms. The average Bonchev–Trinajstić information content (AvgIpc) is 2.36. The van der Waals surface area contributed by atoms with Crippen molar-refractivity contribution in [1.82, 2.24) is 10.0 Å². The molecule has 0 atom stereocenters. The third kappa shape index (κ3) is 4.92. The normalized spacial score (nSPS) is 11.3. The molecule has 0 aliphatic rings. The van der Waals surface area contributed by atoms with Gasteiger partial charge >= 0.3 is 0 Å². The van der Waals surface area contributed by atoms with Crippen molar-refractivity contribution in [3.8, 4) is 0 Å². The van der Waals surface area contributed by atoms with Crippen LogP contribution in [0.25, 0.3) is 0 Å². The van der Waals surface area contributed by atoms with E-state index in [-0.39, 0.29) is 10.8 Å². The highest BCUT2D eigenvalue weighted by molar-refractivity contribution is 7.89. The fourth-order valence-electron chi connectivity index (χ4n) is 1.65. The first kappa shape index (κ1) is 16.6. The molecule has 6 nitrogen and oxygen atoms in total. The Labute approximate surface area is 120 Å². The van der Waals surface area contributed by atoms with Gasteiger partial charge in [0.2, 0.25) is 15.9 Å². The third-order valence-corrected chi connectivity index (χ3v) is 4.18. The number of carbonyl (C=O) groups excluding carboxylic acids is 1. The molecule has 0 saturated heterocycles. The molecular weight excluding hydrogens is 278 g/mol. The largest absolute Gasteiger partial charge is 0.326 e. The molecule has 0 aliphatic carbocycles. The summed E-state index contributed by atoms with van der Waals surface area (Å²) in [6.45, 7) is 4.30. The molecule has 0 heterocycles. The second-order valence-electron chi connectivity index (χ2n) is 4.51. The highest BCUT2D eigenvalue weighted by Crippen LogP contribution is 2.20. The van der Waals surface area contributed by atoms with Crippen LogP contribution in [0.2, 0.25) is 0 Å². The van der Waals surface area contributed by atoms with Crippen molar-refractivity contribution < 1.29 is 13.2 Å². The Morgan fingerprint density at radius 2 is 1.95 bits per heavy atom. The lowest BCUT2D eigenvalue weighted by Crippen LogP contribution is -2.27. The number of sulfonamides is 1. The monoisotopic (exact) mass is 299 g/mol. The summed E-state index contributed by atoms with van der Waals surface area (Å²) in [5.41, 5.74) is 1.32. The van der Waals surface area contributed by atoms with Crippen LogP contribution in [0.5, 0.6) is 0 Å². The van der Waals surface area contributed by atoms with Gasteiger partial charge in [-0.05, 0) is 44.6 Å². The van der Waals surface area contributed by atoms with Gasteiger partial charge in [0, 0.05) is 19.2 Å². The highest BCUT2D eigenvalue weighted by Gasteiger charge is 2.15. The molecule has 1 rings (SSSR count). The zero-order chi connectivity index (χ0) is 15.2. The predicted octanol–water partition coefficient (Wildman–Crippen LogP) is 0.841. The molecule has 1 amide bonds. The lowest BCUT2D eigenvalue weighted by Gasteiger charge is -2.11. The van der Waals surface area contributed by atoms with Gasteiger partial charge < -0.3 is 10.6 Å². The van der Waals surface area contributed by atoms with E-state index >= 15 is 0 Å². The summed E-state index contributed by atoms with van der Waals surface area (Å²) in [5.74, 6) is -0.232. The van der Waals surface area contributed by atoms with Crippen molar-refractivity contribution in [2.45, 2.75) is 25.2 Å². The number of hydrogen-bond acceptors (Lipinski definition) is 4. The van der Waals surface area contributed by atoms with Crippen molar-refractivity contribution in [1.29, 1.82) is 0 Å². The lowest BCUT2D eigenvalue weighted by molar-refractivity contribution is -0.114. The van der Waals surface area contributed by atoms with Gasteiger partial charge in [0.05, 0.1) is 4.90 Å². The number of benzene rings is 1. The molecule has 20 heavy (non-hydrogen) atoms. The van der Waals surface area contributed by atoms with Crippen LogP contribution in [-0.4, -0.2) is 34.5 Å². The van der Waals surface area contributed by atoms with Crippen molar-refractivity contribution >= 4 is 21.6 Å². The summed E-state index contributed by atoms with van der Waals surface area (Å²) >= 11 is 0. The molecule has 0 aromatic heterocycles. The maximum atomic E-state index is 12.1. The SMILES string of the molecule is CNCCCNS(=O)(=O)c1ccc(C)c(NC(C)=O)c1. The van der Waals surface area contributed by atoms with Gasteiger partial charge in [-0.25, -0.2) is 13.1 Å². The number of amides is 1. The van der Waals surface area contributed by atoms with Crippen LogP contribution >= 0.6 is 0 Å². The van der Waals surface area contributed by atoms with Crippen molar-refractivity contribution in [2.24, 2.45) is 0 Å². The molecule has 0 spiro atoms. The molecule has 0 aliphatic heterocycles. The number of rotatable bonds is 7. The van der Waals surface area contributed by atoms with Gasteiger partial charge in [0.25, 0.3) is 0 Å². The molecule has 0 unspecified atom stereocenters. The fourth-order valence-corrected chi connectivity index (χ4v) is 2.75. The standard InChI is InChI=1S/C13H21N3O3S/c1-10-5-6-12(9-13(10)16-11(2)17)20(18,19)15-8-4-7-14-3/h5-6,9,14-15H,4,7-8H2,1-3H3,(H,16,17). The number of carbonyl (C=O) groups is 1. The van der Waals surface area contributed by atoms with E-state index in [0.717, 1.165) is 12.1 Å². The van der Waals surface area contributed by atoms with E-state index < -0.39 is 10.0 Å². The smallest absolute Gasteiger partial charge is 0.240 e. The molecule has 0 fully saturated rings. The van der Waals surface area contributed by atoms with Crippen LogP contribution in [0.1, 0.15) is 18.9 Å². The van der Waals surface area contributed by atoms with Crippen LogP contribution in [0, 0.1) is 6.92 Å². The molecule has 1 aromatic carbocycles. The zero-order valence-corrected chi connectivity index (χ0v) is 12.8. The molecule has 0 radical (unpaired) electrons. The summed E-state index contributed by atoms with van der Waals surface area (Å²) < 4.78 is 26.7. The van der Waals surface area contributed by atoms with E-state index in [1.54, 1.807) is 6.07 Å². The van der Waals surface area contributed by atoms with E-state index in [2.05, 4.69) is 15.4 Å². The van der Waals surface area contributed by atoms with Crippen LogP contribution in [0.15, 0.2) is 23.1 Å². The lowest BCUT2D eigenvalue weighted by atomic mass is 10.2. The summed E-state index contributed by atoms with van der Waals surface area (Å²) in [4.78, 5) is 11.2. The van der Waals surface area contributed by atoms with Crippen LogP contribution in [0.4, 0.5) is 5.69 Å². The third-order valence-electron chi connectivity index (χ3n) is 2.73. The Morgan fingerprint density at radius 3 is 2.55 bits per heavy atom. The van der Waals surface area contributed by atoms with Crippen LogP contribution in [0.3, 0.4) is 0 Å². The first-order valence-electron chi connectivity index (χ1n) is 6.39. The summed E-state index contributed by atoms with van der Waals surface area (Å²) in [7, 11) is -1.73. The van der Waals surface area contributed by atoms with Gasteiger partial charge in [-0.15, -0.1) is 0 Å². The zero-order valence-electron chi connectivity index (χ0n) is 12.0. The Balaban J connectivity index is 2.86. The van der Waals surface area contributed by atoms with Crippen LogP contribution < -0.4 is 15.4 Å². The Hall–Kier alpha value is -1.44. The summed E-state index contributed by atoms with van der Waals surface area (Å²) in [5, 5.41) is 5.57. The maximum absolute atomic E-state index is 12.1. The number of anilines is 1. The summed E-state index contributed by atoms with van der Waals surface area (Å²) in [6.07, 6.45) is 0.708. The Kier molecular flexibility index (Phi) is 6.12. The Bertz CT molecular complexity index is 570. The molecule has 112 valence electrons. The topological polar surface area (TPSA) is 87.3 Å². The first-order chi connectivity index (χ1) is 9.36. The second kappa shape index (κ2) is 7.37. The fraction of sp³-hybridized carbons (Fsp3) is 0.462. The van der Waals surface area contributed by atoms with E-state index in [1.807, 2.05) is 14.0 Å². The number of aryl methyl sites for hydroxylation is 1. The minimum absolute atomic E-state index is 0.149. The van der Waals surface area contributed by atoms with Crippen molar-refractivity contribution in [3.63, 3.8) is 0 Å². The summed E-state index contributed by atoms with van der Waals surface area (Å²) in [6, 6.07) is 4.67. The van der Waals surface area contributed by atoms with Gasteiger partial charge in [-0.2, -0.15) is 0 Å². The van der Waals surface area contributed by atoms with Crippen LogP contribution in [-0.2, 0) is 14.8 Å².